The molecule has 2 rings (SSSR count). The standard InChI is InChI=1S/C16H15BrF2O2/c17-14-6-5-12(18)7-11(14)8-16(9-20,10-21)13-3-1-2-4-15(13)19/h1-7,20-21H,8-10H2. The van der Waals surface area contributed by atoms with Gasteiger partial charge in [0.05, 0.1) is 13.2 Å². The summed E-state index contributed by atoms with van der Waals surface area (Å²) in [5.74, 6) is -0.931. The van der Waals surface area contributed by atoms with Crippen molar-refractivity contribution in [3.05, 3.63) is 69.7 Å². The molecule has 0 fully saturated rings. The summed E-state index contributed by atoms with van der Waals surface area (Å²) in [6.45, 7) is -0.902. The summed E-state index contributed by atoms with van der Waals surface area (Å²) in [4.78, 5) is 0. The zero-order valence-electron chi connectivity index (χ0n) is 11.2. The molecular weight excluding hydrogens is 342 g/mol. The molecule has 0 radical (unpaired) electrons. The molecule has 0 amide bonds. The van der Waals surface area contributed by atoms with Gasteiger partial charge in [0, 0.05) is 9.89 Å². The summed E-state index contributed by atoms with van der Waals surface area (Å²) in [6.07, 6.45) is 0.110. The van der Waals surface area contributed by atoms with Crippen LogP contribution in [0.1, 0.15) is 11.1 Å². The molecule has 0 bridgehead atoms. The Labute approximate surface area is 130 Å². The van der Waals surface area contributed by atoms with E-state index < -0.39 is 30.3 Å². The van der Waals surface area contributed by atoms with Crippen LogP contribution in [0.5, 0.6) is 0 Å². The minimum absolute atomic E-state index is 0.110. The molecule has 2 aromatic rings. The Morgan fingerprint density at radius 2 is 1.67 bits per heavy atom. The first-order chi connectivity index (χ1) is 10.0. The Balaban J connectivity index is 2.48. The van der Waals surface area contributed by atoms with E-state index in [4.69, 9.17) is 0 Å². The SMILES string of the molecule is OCC(CO)(Cc1cc(F)ccc1Br)c1ccccc1F. The molecule has 0 atom stereocenters. The van der Waals surface area contributed by atoms with E-state index in [1.54, 1.807) is 12.1 Å². The third kappa shape index (κ3) is 3.31. The smallest absolute Gasteiger partial charge is 0.127 e. The Hall–Kier alpha value is -1.30. The van der Waals surface area contributed by atoms with Crippen LogP contribution in [0.3, 0.4) is 0 Å². The lowest BCUT2D eigenvalue weighted by Gasteiger charge is -2.31. The number of rotatable bonds is 5. The average molecular weight is 357 g/mol. The molecule has 0 spiro atoms. The van der Waals surface area contributed by atoms with E-state index in [9.17, 15) is 19.0 Å². The number of aliphatic hydroxyl groups excluding tert-OH is 2. The molecule has 0 aliphatic rings. The monoisotopic (exact) mass is 356 g/mol. The summed E-state index contributed by atoms with van der Waals surface area (Å²) in [5.41, 5.74) is -0.436. The van der Waals surface area contributed by atoms with Crippen molar-refractivity contribution in [1.29, 1.82) is 0 Å². The van der Waals surface area contributed by atoms with E-state index in [0.29, 0.717) is 10.0 Å². The number of benzene rings is 2. The summed E-state index contributed by atoms with van der Waals surface area (Å²) in [6, 6.07) is 10.1. The van der Waals surface area contributed by atoms with E-state index in [1.165, 1.54) is 30.3 Å². The van der Waals surface area contributed by atoms with Crippen molar-refractivity contribution >= 4 is 15.9 Å². The van der Waals surface area contributed by atoms with Gasteiger partial charge in [-0.25, -0.2) is 8.78 Å². The fourth-order valence-electron chi connectivity index (χ4n) is 2.36. The molecule has 0 saturated heterocycles. The molecule has 0 aliphatic carbocycles. The summed E-state index contributed by atoms with van der Waals surface area (Å²) in [7, 11) is 0. The van der Waals surface area contributed by atoms with Crippen molar-refractivity contribution in [3.8, 4) is 0 Å². The summed E-state index contributed by atoms with van der Waals surface area (Å²) in [5, 5.41) is 19.5. The second kappa shape index (κ2) is 6.64. The van der Waals surface area contributed by atoms with Gasteiger partial charge in [0.15, 0.2) is 0 Å². The van der Waals surface area contributed by atoms with Gasteiger partial charge < -0.3 is 10.2 Å². The first-order valence-electron chi connectivity index (χ1n) is 6.43. The minimum Gasteiger partial charge on any atom is -0.395 e. The van der Waals surface area contributed by atoms with Crippen LogP contribution in [0.15, 0.2) is 46.9 Å². The summed E-state index contributed by atoms with van der Waals surface area (Å²) < 4.78 is 28.1. The van der Waals surface area contributed by atoms with Gasteiger partial charge >= 0.3 is 0 Å². The molecule has 0 unspecified atom stereocenters. The molecule has 0 saturated carbocycles. The van der Waals surface area contributed by atoms with Gasteiger partial charge in [-0.3, -0.25) is 0 Å². The van der Waals surface area contributed by atoms with Crippen LogP contribution in [-0.2, 0) is 11.8 Å². The maximum Gasteiger partial charge on any atom is 0.127 e. The van der Waals surface area contributed by atoms with E-state index in [-0.39, 0.29) is 12.0 Å². The van der Waals surface area contributed by atoms with Crippen LogP contribution in [0, 0.1) is 11.6 Å². The maximum atomic E-state index is 14.0. The zero-order valence-corrected chi connectivity index (χ0v) is 12.8. The largest absolute Gasteiger partial charge is 0.395 e. The van der Waals surface area contributed by atoms with Crippen LogP contribution in [0.25, 0.3) is 0 Å². The fourth-order valence-corrected chi connectivity index (χ4v) is 2.75. The van der Waals surface area contributed by atoms with Gasteiger partial charge in [-0.2, -0.15) is 0 Å². The van der Waals surface area contributed by atoms with Gasteiger partial charge in [0.2, 0.25) is 0 Å². The number of halogens is 3. The third-order valence-electron chi connectivity index (χ3n) is 3.59. The van der Waals surface area contributed by atoms with Crippen LogP contribution in [0.2, 0.25) is 0 Å². The Kier molecular flexibility index (Phi) is 5.08. The Morgan fingerprint density at radius 1 is 1.00 bits per heavy atom. The van der Waals surface area contributed by atoms with E-state index in [0.717, 1.165) is 0 Å². The molecule has 5 heteroatoms. The lowest BCUT2D eigenvalue weighted by molar-refractivity contribution is 0.113. The number of hydrogen-bond acceptors (Lipinski definition) is 2. The number of aliphatic hydroxyl groups is 2. The first-order valence-corrected chi connectivity index (χ1v) is 7.22. The van der Waals surface area contributed by atoms with Gasteiger partial charge in [0.1, 0.15) is 11.6 Å². The van der Waals surface area contributed by atoms with Crippen molar-refractivity contribution in [1.82, 2.24) is 0 Å². The molecule has 0 heterocycles. The molecule has 0 aromatic heterocycles. The highest BCUT2D eigenvalue weighted by atomic mass is 79.9. The number of hydrogen-bond donors (Lipinski definition) is 2. The molecule has 2 N–H and O–H groups in total. The highest BCUT2D eigenvalue weighted by molar-refractivity contribution is 9.10. The van der Waals surface area contributed by atoms with Gasteiger partial charge in [-0.1, -0.05) is 34.1 Å². The fraction of sp³-hybridized carbons (Fsp3) is 0.250. The second-order valence-electron chi connectivity index (χ2n) is 4.99. The van der Waals surface area contributed by atoms with Crippen molar-refractivity contribution in [2.45, 2.75) is 11.8 Å². The second-order valence-corrected chi connectivity index (χ2v) is 5.84. The quantitative estimate of drug-likeness (QED) is 0.863. The predicted octanol–water partition coefficient (Wildman–Crippen LogP) is 3.19. The lowest BCUT2D eigenvalue weighted by Crippen LogP contribution is -2.38. The van der Waals surface area contributed by atoms with Crippen LogP contribution < -0.4 is 0 Å². The third-order valence-corrected chi connectivity index (χ3v) is 4.36. The molecule has 0 aliphatic heterocycles. The van der Waals surface area contributed by atoms with E-state index >= 15 is 0 Å². The highest BCUT2D eigenvalue weighted by Crippen LogP contribution is 2.32. The molecule has 112 valence electrons. The molecule has 2 aromatic carbocycles. The van der Waals surface area contributed by atoms with Gasteiger partial charge in [-0.05, 0) is 41.8 Å². The molecular formula is C16H15BrF2O2. The van der Waals surface area contributed by atoms with Crippen LogP contribution in [0.4, 0.5) is 8.78 Å². The summed E-state index contributed by atoms with van der Waals surface area (Å²) >= 11 is 3.31. The van der Waals surface area contributed by atoms with Crippen molar-refractivity contribution in [3.63, 3.8) is 0 Å². The minimum atomic E-state index is -1.21. The van der Waals surface area contributed by atoms with E-state index in [2.05, 4.69) is 15.9 Å². The molecule has 21 heavy (non-hydrogen) atoms. The van der Waals surface area contributed by atoms with Gasteiger partial charge in [0.25, 0.3) is 0 Å². The maximum absolute atomic E-state index is 14.0. The van der Waals surface area contributed by atoms with Gasteiger partial charge in [-0.15, -0.1) is 0 Å². The Bertz CT molecular complexity index is 627. The van der Waals surface area contributed by atoms with Crippen LogP contribution in [-0.4, -0.2) is 23.4 Å². The van der Waals surface area contributed by atoms with Crippen LogP contribution >= 0.6 is 15.9 Å². The van der Waals surface area contributed by atoms with Crippen molar-refractivity contribution in [2.24, 2.45) is 0 Å². The van der Waals surface area contributed by atoms with E-state index in [1.807, 2.05) is 0 Å². The predicted molar refractivity (Wildman–Crippen MR) is 80.1 cm³/mol. The van der Waals surface area contributed by atoms with Crippen molar-refractivity contribution in [2.75, 3.05) is 13.2 Å². The molecule has 2 nitrogen and oxygen atoms in total. The normalized spacial score (nSPS) is 11.7. The lowest BCUT2D eigenvalue weighted by atomic mass is 9.76. The Morgan fingerprint density at radius 3 is 2.29 bits per heavy atom. The van der Waals surface area contributed by atoms with Crippen molar-refractivity contribution < 1.29 is 19.0 Å². The highest BCUT2D eigenvalue weighted by Gasteiger charge is 2.34. The topological polar surface area (TPSA) is 40.5 Å². The zero-order chi connectivity index (χ0) is 15.5. The first kappa shape index (κ1) is 16.1. The average Bonchev–Trinajstić information content (AvgIpc) is 2.49.